The number of hydrogen-bond donors (Lipinski definition) is 3. The third-order valence-corrected chi connectivity index (χ3v) is 4.24. The maximum atomic E-state index is 13.5. The first-order valence-electron chi connectivity index (χ1n) is 9.56. The normalized spacial score (nSPS) is 11.0. The summed E-state index contributed by atoms with van der Waals surface area (Å²) < 4.78 is 50.7. The van der Waals surface area contributed by atoms with Crippen LogP contribution in [0.15, 0.2) is 71.5 Å². The predicted octanol–water partition coefficient (Wildman–Crippen LogP) is 4.16. The Kier molecular flexibility index (Phi) is 7.37. The molecule has 0 fully saturated rings. The number of halogens is 3. The van der Waals surface area contributed by atoms with Gasteiger partial charge in [0.2, 0.25) is 5.91 Å². The minimum absolute atomic E-state index is 0.0448. The molecule has 3 aromatic rings. The van der Waals surface area contributed by atoms with E-state index in [2.05, 4.69) is 16.0 Å². The van der Waals surface area contributed by atoms with Gasteiger partial charge in [0.1, 0.15) is 18.6 Å². The highest BCUT2D eigenvalue weighted by molar-refractivity contribution is 6.04. The molecule has 10 heteroatoms. The van der Waals surface area contributed by atoms with E-state index in [1.807, 2.05) is 18.2 Å². The van der Waals surface area contributed by atoms with Crippen LogP contribution in [0.25, 0.3) is 0 Å². The fraction of sp³-hybridized carbons (Fsp3) is 0.182. The molecule has 1 aromatic heterocycles. The highest BCUT2D eigenvalue weighted by Gasteiger charge is 2.34. The van der Waals surface area contributed by atoms with Crippen molar-refractivity contribution in [1.82, 2.24) is 5.32 Å². The molecular weight excluding hydrogens is 427 g/mol. The number of ether oxygens (including phenoxy) is 1. The Hall–Kier alpha value is -3.95. The lowest BCUT2D eigenvalue weighted by Crippen LogP contribution is -2.33. The molecule has 0 saturated heterocycles. The van der Waals surface area contributed by atoms with Gasteiger partial charge in [-0.1, -0.05) is 18.2 Å². The van der Waals surface area contributed by atoms with Crippen molar-refractivity contribution in [3.05, 3.63) is 78.3 Å². The largest absolute Gasteiger partial charge is 0.492 e. The number of carbonyl (C=O) groups excluding carboxylic acids is 2. The van der Waals surface area contributed by atoms with Crippen LogP contribution in [0.1, 0.15) is 15.9 Å². The summed E-state index contributed by atoms with van der Waals surface area (Å²) in [5, 5.41) is 7.42. The maximum Gasteiger partial charge on any atom is 0.418 e. The number of nitrogens with one attached hydrogen (secondary N) is 3. The van der Waals surface area contributed by atoms with Gasteiger partial charge in [0.15, 0.2) is 0 Å². The van der Waals surface area contributed by atoms with E-state index in [0.717, 1.165) is 12.1 Å². The number of benzene rings is 2. The van der Waals surface area contributed by atoms with Crippen molar-refractivity contribution < 1.29 is 31.9 Å². The number of furan rings is 1. The number of alkyl halides is 3. The summed E-state index contributed by atoms with van der Waals surface area (Å²) in [4.78, 5) is 24.0. The lowest BCUT2D eigenvalue weighted by molar-refractivity contribution is -0.137. The van der Waals surface area contributed by atoms with Crippen LogP contribution in [0.3, 0.4) is 0 Å². The van der Waals surface area contributed by atoms with E-state index in [4.69, 9.17) is 9.15 Å². The van der Waals surface area contributed by atoms with Gasteiger partial charge in [-0.3, -0.25) is 9.59 Å². The summed E-state index contributed by atoms with van der Waals surface area (Å²) in [5.74, 6) is -0.452. The van der Waals surface area contributed by atoms with Crippen LogP contribution in [0.5, 0.6) is 5.75 Å². The third-order valence-electron chi connectivity index (χ3n) is 4.24. The average Bonchev–Trinajstić information content (AvgIpc) is 3.31. The molecule has 0 atom stereocenters. The number of anilines is 2. The SMILES string of the molecule is O=C(CNc1ccc(NC(=O)c2ccoc2)cc1C(F)(F)F)NCCOc1ccccc1. The summed E-state index contributed by atoms with van der Waals surface area (Å²) in [7, 11) is 0. The fourth-order valence-corrected chi connectivity index (χ4v) is 2.72. The molecule has 0 aliphatic heterocycles. The second-order valence-corrected chi connectivity index (χ2v) is 6.59. The fourth-order valence-electron chi connectivity index (χ4n) is 2.72. The van der Waals surface area contributed by atoms with Gasteiger partial charge in [0.25, 0.3) is 5.91 Å². The molecule has 3 rings (SSSR count). The van der Waals surface area contributed by atoms with E-state index in [1.165, 1.54) is 24.7 Å². The van der Waals surface area contributed by atoms with E-state index >= 15 is 0 Å². The minimum Gasteiger partial charge on any atom is -0.492 e. The smallest absolute Gasteiger partial charge is 0.418 e. The number of carbonyl (C=O) groups is 2. The summed E-state index contributed by atoms with van der Waals surface area (Å²) >= 11 is 0. The molecule has 7 nitrogen and oxygen atoms in total. The highest BCUT2D eigenvalue weighted by atomic mass is 19.4. The molecule has 2 amide bonds. The molecule has 0 aliphatic carbocycles. The van der Waals surface area contributed by atoms with Gasteiger partial charge in [-0.2, -0.15) is 13.2 Å². The molecule has 0 spiro atoms. The van der Waals surface area contributed by atoms with Gasteiger partial charge in [0, 0.05) is 11.4 Å². The van der Waals surface area contributed by atoms with E-state index < -0.39 is 23.6 Å². The first kappa shape index (κ1) is 22.7. The monoisotopic (exact) mass is 447 g/mol. The van der Waals surface area contributed by atoms with E-state index in [0.29, 0.717) is 5.75 Å². The van der Waals surface area contributed by atoms with Gasteiger partial charge in [-0.05, 0) is 36.4 Å². The van der Waals surface area contributed by atoms with Crippen LogP contribution >= 0.6 is 0 Å². The van der Waals surface area contributed by atoms with Crippen molar-refractivity contribution in [2.75, 3.05) is 30.3 Å². The predicted molar refractivity (Wildman–Crippen MR) is 112 cm³/mol. The lowest BCUT2D eigenvalue weighted by atomic mass is 10.1. The molecule has 2 aromatic carbocycles. The first-order valence-corrected chi connectivity index (χ1v) is 9.56. The molecule has 0 aliphatic rings. The molecule has 0 saturated carbocycles. The van der Waals surface area contributed by atoms with Gasteiger partial charge < -0.3 is 25.1 Å². The quantitative estimate of drug-likeness (QED) is 0.429. The molecule has 32 heavy (non-hydrogen) atoms. The van der Waals surface area contributed by atoms with Crippen LogP contribution in [0, 0.1) is 0 Å². The van der Waals surface area contributed by atoms with Crippen LogP contribution in [-0.4, -0.2) is 31.5 Å². The van der Waals surface area contributed by atoms with Crippen molar-refractivity contribution in [3.63, 3.8) is 0 Å². The summed E-state index contributed by atoms with van der Waals surface area (Å²) in [6.07, 6.45) is -2.24. The van der Waals surface area contributed by atoms with Crippen LogP contribution in [0.4, 0.5) is 24.5 Å². The van der Waals surface area contributed by atoms with E-state index in [-0.39, 0.29) is 36.6 Å². The molecule has 0 bridgehead atoms. The third kappa shape index (κ3) is 6.53. The molecule has 0 radical (unpaired) electrons. The highest BCUT2D eigenvalue weighted by Crippen LogP contribution is 2.36. The first-order chi connectivity index (χ1) is 15.3. The molecule has 3 N–H and O–H groups in total. The second-order valence-electron chi connectivity index (χ2n) is 6.59. The lowest BCUT2D eigenvalue weighted by Gasteiger charge is -2.16. The van der Waals surface area contributed by atoms with Crippen molar-refractivity contribution in [1.29, 1.82) is 0 Å². The molecule has 168 valence electrons. The number of hydrogen-bond acceptors (Lipinski definition) is 5. The summed E-state index contributed by atoms with van der Waals surface area (Å²) in [6, 6.07) is 13.6. The van der Waals surface area contributed by atoms with Gasteiger partial charge in [-0.25, -0.2) is 0 Å². The Bertz CT molecular complexity index is 1040. The number of rotatable bonds is 9. The number of amides is 2. The summed E-state index contributed by atoms with van der Waals surface area (Å²) in [6.45, 7) is 0.0459. The molecule has 1 heterocycles. The zero-order chi connectivity index (χ0) is 23.0. The average molecular weight is 447 g/mol. The van der Waals surface area contributed by atoms with Crippen molar-refractivity contribution >= 4 is 23.2 Å². The number of para-hydroxylation sites is 1. The molecule has 0 unspecified atom stereocenters. The Morgan fingerprint density at radius 2 is 1.81 bits per heavy atom. The molecular formula is C22H20F3N3O4. The van der Waals surface area contributed by atoms with Crippen molar-refractivity contribution in [2.45, 2.75) is 6.18 Å². The Morgan fingerprint density at radius 1 is 1.03 bits per heavy atom. The Morgan fingerprint density at radius 3 is 2.50 bits per heavy atom. The van der Waals surface area contributed by atoms with E-state index in [1.54, 1.807) is 12.1 Å². The van der Waals surface area contributed by atoms with Gasteiger partial charge in [-0.15, -0.1) is 0 Å². The van der Waals surface area contributed by atoms with Crippen LogP contribution in [-0.2, 0) is 11.0 Å². The Labute approximate surface area is 181 Å². The van der Waals surface area contributed by atoms with Gasteiger partial charge in [0.05, 0.1) is 30.5 Å². The zero-order valence-electron chi connectivity index (χ0n) is 16.7. The van der Waals surface area contributed by atoms with E-state index in [9.17, 15) is 22.8 Å². The minimum atomic E-state index is -4.70. The van der Waals surface area contributed by atoms with Gasteiger partial charge >= 0.3 is 6.18 Å². The van der Waals surface area contributed by atoms with Crippen LogP contribution < -0.4 is 20.7 Å². The van der Waals surface area contributed by atoms with Crippen molar-refractivity contribution in [2.24, 2.45) is 0 Å². The topological polar surface area (TPSA) is 92.6 Å². The summed E-state index contributed by atoms with van der Waals surface area (Å²) in [5.41, 5.74) is -1.16. The second kappa shape index (κ2) is 10.4. The zero-order valence-corrected chi connectivity index (χ0v) is 16.7. The maximum absolute atomic E-state index is 13.5. The van der Waals surface area contributed by atoms with Crippen LogP contribution in [0.2, 0.25) is 0 Å². The Balaban J connectivity index is 1.54. The standard InChI is InChI=1S/C22H20F3N3O4/c23-22(24,25)18-12-16(28-21(30)15-8-10-31-14-15)6-7-19(18)27-13-20(29)26-9-11-32-17-4-2-1-3-5-17/h1-8,10,12,14,27H,9,11,13H2,(H,26,29)(H,28,30). The van der Waals surface area contributed by atoms with Crippen molar-refractivity contribution in [3.8, 4) is 5.75 Å².